The third kappa shape index (κ3) is 3.28. The van der Waals surface area contributed by atoms with Crippen LogP contribution in [0.1, 0.15) is 20.8 Å². The lowest BCUT2D eigenvalue weighted by molar-refractivity contribution is -0.104. The smallest absolute Gasteiger partial charge is 0.147 e. The fraction of sp³-hybridized carbons (Fsp3) is 0.625. The van der Waals surface area contributed by atoms with Crippen molar-refractivity contribution in [2.24, 2.45) is 0 Å². The van der Waals surface area contributed by atoms with Gasteiger partial charge in [-0.25, -0.2) is 0 Å². The van der Waals surface area contributed by atoms with Crippen molar-refractivity contribution >= 4 is 6.29 Å². The minimum Gasteiger partial charge on any atom is -0.378 e. The molecule has 58 valence electrons. The van der Waals surface area contributed by atoms with Gasteiger partial charge in [0.2, 0.25) is 0 Å². The van der Waals surface area contributed by atoms with E-state index in [0.29, 0.717) is 0 Å². The number of carbonyl (C=O) groups is 1. The summed E-state index contributed by atoms with van der Waals surface area (Å²) in [5.74, 6) is 0. The monoisotopic (exact) mass is 141 g/mol. The second-order valence-corrected chi connectivity index (χ2v) is 2.21. The van der Waals surface area contributed by atoms with Gasteiger partial charge in [0, 0.05) is 24.9 Å². The minimum absolute atomic E-state index is 0.781. The lowest BCUT2D eigenvalue weighted by Gasteiger charge is -2.14. The first-order valence-corrected chi connectivity index (χ1v) is 3.62. The molecule has 0 aliphatic heterocycles. The molecular weight excluding hydrogens is 126 g/mol. The van der Waals surface area contributed by atoms with E-state index in [1.54, 1.807) is 0 Å². The predicted molar refractivity (Wildman–Crippen MR) is 42.7 cm³/mol. The van der Waals surface area contributed by atoms with E-state index in [0.717, 1.165) is 24.9 Å². The number of rotatable bonds is 4. The molecule has 0 amide bonds. The molecule has 2 nitrogen and oxygen atoms in total. The van der Waals surface area contributed by atoms with Gasteiger partial charge in [-0.05, 0) is 20.8 Å². The lowest BCUT2D eigenvalue weighted by Crippen LogP contribution is -2.16. The average molecular weight is 141 g/mol. The summed E-state index contributed by atoms with van der Waals surface area (Å²) in [5.41, 5.74) is 0.781. The van der Waals surface area contributed by atoms with Crippen LogP contribution in [0.3, 0.4) is 0 Å². The summed E-state index contributed by atoms with van der Waals surface area (Å²) in [5, 5.41) is 0. The molecular formula is C8H15NO. The zero-order chi connectivity index (χ0) is 7.98. The van der Waals surface area contributed by atoms with E-state index in [9.17, 15) is 4.79 Å². The Balaban J connectivity index is 3.92. The summed E-state index contributed by atoms with van der Waals surface area (Å²) < 4.78 is 0. The number of hydrogen-bond donors (Lipinski definition) is 0. The van der Waals surface area contributed by atoms with E-state index in [1.807, 2.05) is 13.1 Å². The highest BCUT2D eigenvalue weighted by molar-refractivity contribution is 5.71. The van der Waals surface area contributed by atoms with Crippen LogP contribution in [0, 0.1) is 0 Å². The highest BCUT2D eigenvalue weighted by Crippen LogP contribution is 1.93. The Hall–Kier alpha value is -0.790. The van der Waals surface area contributed by atoms with Gasteiger partial charge in [0.05, 0.1) is 0 Å². The number of carbonyl (C=O) groups excluding carboxylic acids is 1. The zero-order valence-corrected chi connectivity index (χ0v) is 6.92. The largest absolute Gasteiger partial charge is 0.378 e. The van der Waals surface area contributed by atoms with Gasteiger partial charge in [0.1, 0.15) is 6.29 Å². The molecule has 0 fully saturated rings. The van der Waals surface area contributed by atoms with Crippen LogP contribution in [0.15, 0.2) is 11.8 Å². The molecule has 0 aromatic heterocycles. The fourth-order valence-electron chi connectivity index (χ4n) is 0.725. The molecule has 0 saturated heterocycles. The molecule has 0 aliphatic rings. The predicted octanol–water partition coefficient (Wildman–Crippen LogP) is 1.43. The third-order valence-corrected chi connectivity index (χ3v) is 1.38. The Kier molecular flexibility index (Phi) is 4.63. The molecule has 0 radical (unpaired) electrons. The molecule has 0 atom stereocenters. The first-order valence-electron chi connectivity index (χ1n) is 3.62. The maximum atomic E-state index is 10.2. The van der Waals surface area contributed by atoms with Gasteiger partial charge in [-0.2, -0.15) is 0 Å². The van der Waals surface area contributed by atoms with Crippen LogP contribution < -0.4 is 0 Å². The summed E-state index contributed by atoms with van der Waals surface area (Å²) in [6, 6.07) is 0. The molecule has 0 unspecified atom stereocenters. The topological polar surface area (TPSA) is 20.3 Å². The van der Waals surface area contributed by atoms with Crippen LogP contribution in [0.25, 0.3) is 0 Å². The molecule has 0 aromatic rings. The van der Waals surface area contributed by atoms with Crippen molar-refractivity contribution in [1.29, 1.82) is 0 Å². The van der Waals surface area contributed by atoms with Crippen LogP contribution >= 0.6 is 0 Å². The van der Waals surface area contributed by atoms with Crippen molar-refractivity contribution in [3.05, 3.63) is 11.8 Å². The van der Waals surface area contributed by atoms with Gasteiger partial charge < -0.3 is 4.90 Å². The molecule has 0 N–H and O–H groups in total. The van der Waals surface area contributed by atoms with E-state index < -0.39 is 0 Å². The number of allylic oxidation sites excluding steroid dienone is 1. The molecule has 0 spiro atoms. The summed E-state index contributed by atoms with van der Waals surface area (Å²) >= 11 is 0. The Labute approximate surface area is 62.5 Å². The van der Waals surface area contributed by atoms with Gasteiger partial charge in [-0.3, -0.25) is 4.79 Å². The Morgan fingerprint density at radius 1 is 1.40 bits per heavy atom. The molecule has 0 aromatic carbocycles. The fourth-order valence-corrected chi connectivity index (χ4v) is 0.725. The van der Waals surface area contributed by atoms with Crippen molar-refractivity contribution in [3.63, 3.8) is 0 Å². The molecule has 0 aliphatic carbocycles. The highest BCUT2D eigenvalue weighted by Gasteiger charge is 1.91. The van der Waals surface area contributed by atoms with E-state index in [-0.39, 0.29) is 0 Å². The van der Waals surface area contributed by atoms with E-state index >= 15 is 0 Å². The summed E-state index contributed by atoms with van der Waals surface area (Å²) in [4.78, 5) is 12.3. The second-order valence-electron chi connectivity index (χ2n) is 2.21. The average Bonchev–Trinajstić information content (AvgIpc) is 1.99. The van der Waals surface area contributed by atoms with Gasteiger partial charge >= 0.3 is 0 Å². The van der Waals surface area contributed by atoms with E-state index in [1.165, 1.54) is 0 Å². The van der Waals surface area contributed by atoms with Crippen LogP contribution in [-0.2, 0) is 4.79 Å². The van der Waals surface area contributed by atoms with Crippen molar-refractivity contribution in [2.45, 2.75) is 20.8 Å². The second kappa shape index (κ2) is 5.03. The van der Waals surface area contributed by atoms with Gasteiger partial charge in [-0.1, -0.05) is 0 Å². The summed E-state index contributed by atoms with van der Waals surface area (Å²) in [6.45, 7) is 7.87. The molecule has 0 bridgehead atoms. The number of aldehydes is 1. The lowest BCUT2D eigenvalue weighted by atomic mass is 10.3. The molecule has 0 rings (SSSR count). The summed E-state index contributed by atoms with van der Waals surface area (Å²) in [6.07, 6.45) is 2.76. The van der Waals surface area contributed by atoms with Gasteiger partial charge in [0.15, 0.2) is 0 Å². The first-order chi connectivity index (χ1) is 4.74. The molecule has 0 heterocycles. The van der Waals surface area contributed by atoms with Crippen molar-refractivity contribution in [1.82, 2.24) is 4.90 Å². The van der Waals surface area contributed by atoms with Gasteiger partial charge in [0.25, 0.3) is 0 Å². The Morgan fingerprint density at radius 3 is 2.20 bits per heavy atom. The third-order valence-electron chi connectivity index (χ3n) is 1.38. The van der Waals surface area contributed by atoms with E-state index in [4.69, 9.17) is 0 Å². The van der Waals surface area contributed by atoms with E-state index in [2.05, 4.69) is 18.7 Å². The van der Waals surface area contributed by atoms with Crippen molar-refractivity contribution in [3.8, 4) is 0 Å². The maximum absolute atomic E-state index is 10.2. The number of nitrogens with zero attached hydrogens (tertiary/aromatic N) is 1. The first kappa shape index (κ1) is 9.21. The van der Waals surface area contributed by atoms with Crippen LogP contribution in [0.4, 0.5) is 0 Å². The van der Waals surface area contributed by atoms with Gasteiger partial charge in [-0.15, -0.1) is 0 Å². The van der Waals surface area contributed by atoms with Crippen LogP contribution in [-0.4, -0.2) is 24.3 Å². The highest BCUT2D eigenvalue weighted by atomic mass is 16.1. The molecule has 10 heavy (non-hydrogen) atoms. The molecule has 2 heteroatoms. The van der Waals surface area contributed by atoms with Crippen molar-refractivity contribution < 1.29 is 4.79 Å². The normalized spacial score (nSPS) is 11.3. The zero-order valence-electron chi connectivity index (χ0n) is 6.92. The summed E-state index contributed by atoms with van der Waals surface area (Å²) in [7, 11) is 0. The van der Waals surface area contributed by atoms with Crippen LogP contribution in [0.2, 0.25) is 0 Å². The SMILES string of the molecule is CCN(C=C(C)C=O)CC. The van der Waals surface area contributed by atoms with Crippen LogP contribution in [0.5, 0.6) is 0 Å². The Bertz CT molecular complexity index is 125. The quantitative estimate of drug-likeness (QED) is 0.436. The molecule has 0 saturated carbocycles. The standard InChI is InChI=1S/C8H15NO/c1-4-9(5-2)6-8(3)7-10/h6-7H,4-5H2,1-3H3. The minimum atomic E-state index is 0.781. The number of hydrogen-bond acceptors (Lipinski definition) is 2. The van der Waals surface area contributed by atoms with Crippen molar-refractivity contribution in [2.75, 3.05) is 13.1 Å². The Morgan fingerprint density at radius 2 is 1.90 bits per heavy atom. The maximum Gasteiger partial charge on any atom is 0.147 e.